The number of rotatable bonds is 1. The largest absolute Gasteiger partial charge is 0.505 e. The molecule has 1 fully saturated rings. The zero-order valence-corrected chi connectivity index (χ0v) is 12.2. The number of aromatic hydroxyl groups is 1. The van der Waals surface area contributed by atoms with Crippen molar-refractivity contribution in [1.82, 2.24) is 9.88 Å². The van der Waals surface area contributed by atoms with E-state index < -0.39 is 24.5 Å². The summed E-state index contributed by atoms with van der Waals surface area (Å²) in [6.45, 7) is -0.157. The molecule has 0 saturated carbocycles. The van der Waals surface area contributed by atoms with Crippen LogP contribution in [0, 0.1) is 5.92 Å². The van der Waals surface area contributed by atoms with Crippen molar-refractivity contribution in [3.63, 3.8) is 0 Å². The molecular formula is C16H15F3N2O2. The summed E-state index contributed by atoms with van der Waals surface area (Å²) in [6.07, 6.45) is -2.58. The molecule has 1 N–H and O–H groups in total. The van der Waals surface area contributed by atoms with Crippen LogP contribution in [0.15, 0.2) is 30.5 Å². The predicted octanol–water partition coefficient (Wildman–Crippen LogP) is 3.35. The van der Waals surface area contributed by atoms with E-state index in [9.17, 15) is 23.1 Å². The monoisotopic (exact) mass is 324 g/mol. The quantitative estimate of drug-likeness (QED) is 0.875. The van der Waals surface area contributed by atoms with Gasteiger partial charge in [-0.05, 0) is 12.8 Å². The zero-order chi connectivity index (χ0) is 16.6. The molecule has 3 rings (SSSR count). The van der Waals surface area contributed by atoms with Gasteiger partial charge in [0, 0.05) is 30.1 Å². The molecule has 1 amide bonds. The van der Waals surface area contributed by atoms with Crippen molar-refractivity contribution in [1.29, 1.82) is 0 Å². The van der Waals surface area contributed by atoms with Crippen molar-refractivity contribution in [2.24, 2.45) is 5.92 Å². The molecule has 1 aromatic carbocycles. The Kier molecular flexibility index (Phi) is 3.87. The third-order valence-electron chi connectivity index (χ3n) is 4.15. The number of halogens is 3. The molecule has 1 atom stereocenters. The van der Waals surface area contributed by atoms with E-state index >= 15 is 0 Å². The highest BCUT2D eigenvalue weighted by Crippen LogP contribution is 2.34. The van der Waals surface area contributed by atoms with E-state index in [-0.39, 0.29) is 30.8 Å². The fourth-order valence-corrected chi connectivity index (χ4v) is 2.88. The fourth-order valence-electron chi connectivity index (χ4n) is 2.88. The van der Waals surface area contributed by atoms with Crippen molar-refractivity contribution in [2.45, 2.75) is 19.0 Å². The lowest BCUT2D eigenvalue weighted by molar-refractivity contribution is -0.184. The van der Waals surface area contributed by atoms with Crippen LogP contribution >= 0.6 is 0 Å². The maximum atomic E-state index is 12.9. The minimum absolute atomic E-state index is 0.0183. The van der Waals surface area contributed by atoms with Crippen molar-refractivity contribution < 1.29 is 23.1 Å². The molecule has 4 nitrogen and oxygen atoms in total. The van der Waals surface area contributed by atoms with E-state index in [0.717, 1.165) is 4.90 Å². The molecule has 1 aliphatic rings. The number of carbonyl (C=O) groups is 1. The molecule has 2 aromatic rings. The van der Waals surface area contributed by atoms with Crippen molar-refractivity contribution >= 4 is 16.7 Å². The molecule has 122 valence electrons. The van der Waals surface area contributed by atoms with E-state index in [0.29, 0.717) is 10.8 Å². The molecule has 23 heavy (non-hydrogen) atoms. The van der Waals surface area contributed by atoms with Gasteiger partial charge in [0.05, 0.1) is 5.92 Å². The number of hydrogen-bond acceptors (Lipinski definition) is 3. The highest BCUT2D eigenvalue weighted by Gasteiger charge is 2.43. The summed E-state index contributed by atoms with van der Waals surface area (Å²) >= 11 is 0. The molecule has 1 aromatic heterocycles. The third-order valence-corrected chi connectivity index (χ3v) is 4.15. The molecule has 1 aliphatic heterocycles. The number of benzene rings is 1. The Hall–Kier alpha value is -2.31. The number of amides is 1. The number of likely N-dealkylation sites (tertiary alicyclic amines) is 1. The van der Waals surface area contributed by atoms with E-state index in [4.69, 9.17) is 0 Å². The lowest BCUT2D eigenvalue weighted by atomic mass is 9.97. The predicted molar refractivity (Wildman–Crippen MR) is 78.1 cm³/mol. The SMILES string of the molecule is O=C(c1ncc2ccccc2c1O)N1CCCC(C(F)(F)F)C1. The summed E-state index contributed by atoms with van der Waals surface area (Å²) in [4.78, 5) is 17.5. The van der Waals surface area contributed by atoms with Crippen LogP contribution in [0.1, 0.15) is 23.3 Å². The Morgan fingerprint density at radius 1 is 1.30 bits per heavy atom. The summed E-state index contributed by atoms with van der Waals surface area (Å²) in [6, 6.07) is 6.84. The molecule has 2 heterocycles. The van der Waals surface area contributed by atoms with Crippen LogP contribution in [0.3, 0.4) is 0 Å². The van der Waals surface area contributed by atoms with Crippen LogP contribution < -0.4 is 0 Å². The van der Waals surface area contributed by atoms with Gasteiger partial charge in [-0.15, -0.1) is 0 Å². The smallest absolute Gasteiger partial charge is 0.393 e. The Bertz CT molecular complexity index is 746. The van der Waals surface area contributed by atoms with E-state index in [1.54, 1.807) is 24.3 Å². The van der Waals surface area contributed by atoms with Gasteiger partial charge in [-0.1, -0.05) is 24.3 Å². The molecule has 7 heteroatoms. The topological polar surface area (TPSA) is 53.4 Å². The number of pyridine rings is 1. The zero-order valence-electron chi connectivity index (χ0n) is 12.2. The van der Waals surface area contributed by atoms with Gasteiger partial charge in [-0.25, -0.2) is 4.98 Å². The number of aromatic nitrogens is 1. The second-order valence-corrected chi connectivity index (χ2v) is 5.67. The normalized spacial score (nSPS) is 19.1. The average Bonchev–Trinajstić information content (AvgIpc) is 2.54. The molecule has 1 unspecified atom stereocenters. The lowest BCUT2D eigenvalue weighted by Crippen LogP contribution is -2.44. The lowest BCUT2D eigenvalue weighted by Gasteiger charge is -2.33. The standard InChI is InChI=1S/C16H15F3N2O2/c17-16(18,19)11-5-3-7-21(9-11)15(23)13-14(22)12-6-2-1-4-10(12)8-20-13/h1-2,4,6,8,11,22H,3,5,7,9H2. The Morgan fingerprint density at radius 3 is 2.78 bits per heavy atom. The maximum Gasteiger partial charge on any atom is 0.393 e. The summed E-state index contributed by atoms with van der Waals surface area (Å²) < 4.78 is 38.6. The first-order valence-electron chi connectivity index (χ1n) is 7.30. The second kappa shape index (κ2) is 5.72. The van der Waals surface area contributed by atoms with Crippen LogP contribution in [0.5, 0.6) is 5.75 Å². The molecule has 0 spiro atoms. The van der Waals surface area contributed by atoms with Gasteiger partial charge in [-0.3, -0.25) is 4.79 Å². The number of nitrogens with zero attached hydrogens (tertiary/aromatic N) is 2. The first-order valence-corrected chi connectivity index (χ1v) is 7.30. The van der Waals surface area contributed by atoms with Crippen LogP contribution in [0.4, 0.5) is 13.2 Å². The van der Waals surface area contributed by atoms with Crippen molar-refractivity contribution in [2.75, 3.05) is 13.1 Å². The fraction of sp³-hybridized carbons (Fsp3) is 0.375. The maximum absolute atomic E-state index is 12.9. The number of fused-ring (bicyclic) bond motifs is 1. The van der Waals surface area contributed by atoms with Gasteiger partial charge in [-0.2, -0.15) is 13.2 Å². The van der Waals surface area contributed by atoms with E-state index in [1.807, 2.05) is 0 Å². The number of alkyl halides is 3. The van der Waals surface area contributed by atoms with Crippen LogP contribution in [0.25, 0.3) is 10.8 Å². The first-order chi connectivity index (χ1) is 10.9. The number of hydrogen-bond donors (Lipinski definition) is 1. The van der Waals surface area contributed by atoms with Gasteiger partial charge in [0.15, 0.2) is 11.4 Å². The van der Waals surface area contributed by atoms with Gasteiger partial charge >= 0.3 is 6.18 Å². The Balaban J connectivity index is 1.90. The summed E-state index contributed by atoms with van der Waals surface area (Å²) in [5.74, 6) is -2.48. The highest BCUT2D eigenvalue weighted by atomic mass is 19.4. The van der Waals surface area contributed by atoms with Gasteiger partial charge in [0.25, 0.3) is 5.91 Å². The van der Waals surface area contributed by atoms with Crippen LogP contribution in [0.2, 0.25) is 0 Å². The molecular weight excluding hydrogens is 309 g/mol. The third kappa shape index (κ3) is 2.95. The summed E-state index contributed by atoms with van der Waals surface area (Å²) in [7, 11) is 0. The first kappa shape index (κ1) is 15.6. The van der Waals surface area contributed by atoms with Gasteiger partial charge < -0.3 is 10.0 Å². The molecule has 0 bridgehead atoms. The number of piperidine rings is 1. The molecule has 1 saturated heterocycles. The van der Waals surface area contributed by atoms with Crippen molar-refractivity contribution in [3.05, 3.63) is 36.2 Å². The van der Waals surface area contributed by atoms with E-state index in [2.05, 4.69) is 4.98 Å². The molecule has 0 radical (unpaired) electrons. The van der Waals surface area contributed by atoms with Crippen molar-refractivity contribution in [3.8, 4) is 5.75 Å². The van der Waals surface area contributed by atoms with Crippen LogP contribution in [-0.2, 0) is 0 Å². The summed E-state index contributed by atoms with van der Waals surface area (Å²) in [5.41, 5.74) is -0.202. The minimum atomic E-state index is -4.32. The second-order valence-electron chi connectivity index (χ2n) is 5.67. The highest BCUT2D eigenvalue weighted by molar-refractivity contribution is 6.01. The van der Waals surface area contributed by atoms with Gasteiger partial charge in [0.2, 0.25) is 0 Å². The van der Waals surface area contributed by atoms with Gasteiger partial charge in [0.1, 0.15) is 0 Å². The molecule has 0 aliphatic carbocycles. The Labute approximate surface area is 130 Å². The Morgan fingerprint density at radius 2 is 2.04 bits per heavy atom. The van der Waals surface area contributed by atoms with E-state index in [1.165, 1.54) is 6.20 Å². The summed E-state index contributed by atoms with van der Waals surface area (Å²) in [5, 5.41) is 11.4. The number of carbonyl (C=O) groups excluding carboxylic acids is 1. The van der Waals surface area contributed by atoms with Crippen LogP contribution in [-0.4, -0.2) is 40.2 Å². The average molecular weight is 324 g/mol. The minimum Gasteiger partial charge on any atom is -0.505 e.